The molecule has 0 saturated carbocycles. The van der Waals surface area contributed by atoms with Gasteiger partial charge in [0.15, 0.2) is 11.5 Å². The first kappa shape index (κ1) is 21.1. The lowest BCUT2D eigenvalue weighted by molar-refractivity contribution is -0.136. The van der Waals surface area contributed by atoms with Crippen molar-refractivity contribution in [3.05, 3.63) is 59.7 Å². The molecule has 1 saturated heterocycles. The smallest absolute Gasteiger partial charge is 0.248 e. The Morgan fingerprint density at radius 1 is 1.28 bits per heavy atom. The molecule has 2 N–H and O–H groups in total. The van der Waals surface area contributed by atoms with Crippen molar-refractivity contribution in [2.24, 2.45) is 5.41 Å². The van der Waals surface area contributed by atoms with Gasteiger partial charge in [-0.25, -0.2) is 0 Å². The van der Waals surface area contributed by atoms with Gasteiger partial charge in [-0.05, 0) is 30.2 Å². The number of nitrogens with zero attached hydrogens (tertiary/aromatic N) is 1. The van der Waals surface area contributed by atoms with Crippen LogP contribution in [-0.4, -0.2) is 53.9 Å². The summed E-state index contributed by atoms with van der Waals surface area (Å²) in [6.07, 6.45) is -0.625. The highest BCUT2D eigenvalue weighted by molar-refractivity contribution is 5.78. The van der Waals surface area contributed by atoms with Crippen molar-refractivity contribution in [1.82, 2.24) is 4.90 Å². The van der Waals surface area contributed by atoms with E-state index in [1.165, 1.54) is 7.11 Å². The zero-order valence-corrected chi connectivity index (χ0v) is 17.2. The van der Waals surface area contributed by atoms with Crippen molar-refractivity contribution >= 4 is 5.91 Å². The molecule has 1 aliphatic heterocycles. The predicted octanol–water partition coefficient (Wildman–Crippen LogP) is 2.93. The maximum atomic E-state index is 12.7. The van der Waals surface area contributed by atoms with Crippen LogP contribution in [0.5, 0.6) is 11.5 Å². The molecule has 0 spiro atoms. The summed E-state index contributed by atoms with van der Waals surface area (Å²) >= 11 is 0. The average molecular weight is 399 g/mol. The van der Waals surface area contributed by atoms with Crippen LogP contribution < -0.4 is 4.74 Å². The van der Waals surface area contributed by atoms with E-state index in [1.807, 2.05) is 43.3 Å². The molecule has 1 amide bonds. The number of phenols is 1. The third kappa shape index (κ3) is 4.54. The predicted molar refractivity (Wildman–Crippen MR) is 110 cm³/mol. The minimum absolute atomic E-state index is 0.00857. The molecule has 6 heteroatoms. The lowest BCUT2D eigenvalue weighted by Crippen LogP contribution is -2.38. The fourth-order valence-corrected chi connectivity index (χ4v) is 3.96. The molecule has 2 aromatic rings. The van der Waals surface area contributed by atoms with E-state index in [0.717, 1.165) is 11.1 Å². The first-order valence-electron chi connectivity index (χ1n) is 9.79. The van der Waals surface area contributed by atoms with E-state index in [0.29, 0.717) is 25.4 Å². The molecule has 3 atom stereocenters. The fourth-order valence-electron chi connectivity index (χ4n) is 3.96. The molecule has 2 aromatic carbocycles. The summed E-state index contributed by atoms with van der Waals surface area (Å²) in [6.45, 7) is 4.98. The number of aromatic hydroxyl groups is 1. The van der Waals surface area contributed by atoms with Crippen molar-refractivity contribution in [1.29, 1.82) is 0 Å². The van der Waals surface area contributed by atoms with Crippen LogP contribution in [-0.2, 0) is 16.1 Å². The number of ether oxygens (including phenoxy) is 2. The molecule has 1 unspecified atom stereocenters. The van der Waals surface area contributed by atoms with E-state index in [1.54, 1.807) is 24.0 Å². The van der Waals surface area contributed by atoms with Crippen LogP contribution >= 0.6 is 0 Å². The van der Waals surface area contributed by atoms with Crippen LogP contribution in [0.1, 0.15) is 30.9 Å². The van der Waals surface area contributed by atoms with Crippen molar-refractivity contribution in [3.8, 4) is 11.5 Å². The molecule has 0 aromatic heterocycles. The number of carbonyl (C=O) groups is 1. The Labute approximate surface area is 171 Å². The molecule has 1 aliphatic rings. The van der Waals surface area contributed by atoms with Gasteiger partial charge in [-0.1, -0.05) is 43.3 Å². The molecule has 1 fully saturated rings. The molecule has 156 valence electrons. The van der Waals surface area contributed by atoms with E-state index in [-0.39, 0.29) is 24.2 Å². The highest BCUT2D eigenvalue weighted by Gasteiger charge is 2.48. The second-order valence-corrected chi connectivity index (χ2v) is 7.92. The SMILES string of the molecule is COc1ccc(C2CN(C(=O)COCc3ccccc3)C[C@]2(C)[C@@H](C)O)cc1O. The molecule has 0 bridgehead atoms. The zero-order chi connectivity index (χ0) is 21.0. The van der Waals surface area contributed by atoms with Gasteiger partial charge < -0.3 is 24.6 Å². The van der Waals surface area contributed by atoms with Gasteiger partial charge in [-0.15, -0.1) is 0 Å². The number of likely N-dealkylation sites (tertiary alicyclic amines) is 1. The number of aliphatic hydroxyl groups excluding tert-OH is 1. The quantitative estimate of drug-likeness (QED) is 0.748. The molecule has 0 aliphatic carbocycles. The van der Waals surface area contributed by atoms with Crippen LogP contribution in [0, 0.1) is 5.41 Å². The van der Waals surface area contributed by atoms with E-state index < -0.39 is 11.5 Å². The first-order valence-corrected chi connectivity index (χ1v) is 9.79. The number of phenolic OH excluding ortho intramolecular Hbond substituents is 1. The summed E-state index contributed by atoms with van der Waals surface area (Å²) in [5.74, 6) is 0.229. The standard InChI is InChI=1S/C23H29NO5/c1-16(25)23(2)15-24(22(27)14-29-13-17-7-5-4-6-8-17)12-19(23)18-9-10-21(28-3)20(26)11-18/h4-11,16,19,25-26H,12-15H2,1-3H3/t16-,19?,23-/m1/s1. The fraction of sp³-hybridized carbons (Fsp3) is 0.435. The normalized spacial score (nSPS) is 22.5. The summed E-state index contributed by atoms with van der Waals surface area (Å²) in [5.41, 5.74) is 1.35. The molecule has 3 rings (SSSR count). The Morgan fingerprint density at radius 2 is 2.00 bits per heavy atom. The highest BCUT2D eigenvalue weighted by Crippen LogP contribution is 2.46. The molecule has 1 heterocycles. The molecule has 29 heavy (non-hydrogen) atoms. The first-order chi connectivity index (χ1) is 13.8. The van der Waals surface area contributed by atoms with Crippen LogP contribution in [0.2, 0.25) is 0 Å². The van der Waals surface area contributed by atoms with Gasteiger partial charge in [-0.2, -0.15) is 0 Å². The Bertz CT molecular complexity index is 838. The van der Waals surface area contributed by atoms with Gasteiger partial charge in [0.2, 0.25) is 5.91 Å². The number of benzene rings is 2. The average Bonchev–Trinajstić information content (AvgIpc) is 3.08. The summed E-state index contributed by atoms with van der Waals surface area (Å²) in [4.78, 5) is 14.5. The van der Waals surface area contributed by atoms with Crippen molar-refractivity contribution < 1.29 is 24.5 Å². The van der Waals surface area contributed by atoms with E-state index in [2.05, 4.69) is 0 Å². The lowest BCUT2D eigenvalue weighted by atomic mass is 9.72. The number of amides is 1. The third-order valence-corrected chi connectivity index (χ3v) is 5.98. The summed E-state index contributed by atoms with van der Waals surface area (Å²) in [5, 5.41) is 20.7. The number of hydrogen-bond donors (Lipinski definition) is 2. The van der Waals surface area contributed by atoms with E-state index in [4.69, 9.17) is 9.47 Å². The van der Waals surface area contributed by atoms with Gasteiger partial charge in [-0.3, -0.25) is 4.79 Å². The van der Waals surface area contributed by atoms with Crippen LogP contribution in [0.3, 0.4) is 0 Å². The second-order valence-electron chi connectivity index (χ2n) is 7.92. The number of aliphatic hydroxyl groups is 1. The number of methoxy groups -OCH3 is 1. The van der Waals surface area contributed by atoms with Crippen molar-refractivity contribution in [3.63, 3.8) is 0 Å². The molecular weight excluding hydrogens is 370 g/mol. The minimum atomic E-state index is -0.625. The van der Waals surface area contributed by atoms with Crippen molar-refractivity contribution in [2.45, 2.75) is 32.5 Å². The Hall–Kier alpha value is -2.57. The zero-order valence-electron chi connectivity index (χ0n) is 17.2. The number of carbonyl (C=O) groups excluding carboxylic acids is 1. The minimum Gasteiger partial charge on any atom is -0.504 e. The van der Waals surface area contributed by atoms with Gasteiger partial charge in [0.05, 0.1) is 19.8 Å². The Kier molecular flexibility index (Phi) is 6.45. The third-order valence-electron chi connectivity index (χ3n) is 5.98. The Balaban J connectivity index is 1.70. The number of hydrogen-bond acceptors (Lipinski definition) is 5. The van der Waals surface area contributed by atoms with Crippen molar-refractivity contribution in [2.75, 3.05) is 26.8 Å². The largest absolute Gasteiger partial charge is 0.504 e. The summed E-state index contributed by atoms with van der Waals surface area (Å²) in [6, 6.07) is 15.0. The maximum Gasteiger partial charge on any atom is 0.248 e. The molecule has 0 radical (unpaired) electrons. The maximum absolute atomic E-state index is 12.7. The summed E-state index contributed by atoms with van der Waals surface area (Å²) < 4.78 is 10.7. The van der Waals surface area contributed by atoms with Crippen LogP contribution in [0.25, 0.3) is 0 Å². The monoisotopic (exact) mass is 399 g/mol. The van der Waals surface area contributed by atoms with Gasteiger partial charge >= 0.3 is 0 Å². The van der Waals surface area contributed by atoms with Gasteiger partial charge in [0.25, 0.3) is 0 Å². The molecule has 6 nitrogen and oxygen atoms in total. The van der Waals surface area contributed by atoms with Crippen LogP contribution in [0.15, 0.2) is 48.5 Å². The number of rotatable bonds is 7. The molecular formula is C23H29NO5. The van der Waals surface area contributed by atoms with E-state index in [9.17, 15) is 15.0 Å². The van der Waals surface area contributed by atoms with Gasteiger partial charge in [0, 0.05) is 24.4 Å². The van der Waals surface area contributed by atoms with Crippen LogP contribution in [0.4, 0.5) is 0 Å². The second kappa shape index (κ2) is 8.84. The summed E-state index contributed by atoms with van der Waals surface area (Å²) in [7, 11) is 1.50. The highest BCUT2D eigenvalue weighted by atomic mass is 16.5. The topological polar surface area (TPSA) is 79.2 Å². The Morgan fingerprint density at radius 3 is 2.62 bits per heavy atom. The van der Waals surface area contributed by atoms with Gasteiger partial charge in [0.1, 0.15) is 6.61 Å². The van der Waals surface area contributed by atoms with E-state index >= 15 is 0 Å². The lowest BCUT2D eigenvalue weighted by Gasteiger charge is -2.33.